The van der Waals surface area contributed by atoms with Crippen molar-refractivity contribution in [3.63, 3.8) is 0 Å². The van der Waals surface area contributed by atoms with Gasteiger partial charge in [0.25, 0.3) is 0 Å². The number of nitroso groups, excluding NO2 is 1. The third kappa shape index (κ3) is 6.37. The molecule has 46 heavy (non-hydrogen) atoms. The number of nitrogens with zero attached hydrogens (tertiary/aromatic N) is 4. The topological polar surface area (TPSA) is 192 Å². The van der Waals surface area contributed by atoms with E-state index in [1.165, 1.54) is 29.3 Å². The van der Waals surface area contributed by atoms with E-state index in [4.69, 9.17) is 14.0 Å². The summed E-state index contributed by atoms with van der Waals surface area (Å²) in [5.74, 6) is -3.21. The fraction of sp³-hybridized carbons (Fsp3) is 0.393. The van der Waals surface area contributed by atoms with E-state index in [0.717, 1.165) is 25.0 Å². The normalized spacial score (nSPS) is 18.8. The van der Waals surface area contributed by atoms with E-state index in [1.54, 1.807) is 9.58 Å². The number of carbonyl (C=O) groups excluding carboxylic acids is 1. The van der Waals surface area contributed by atoms with E-state index in [9.17, 15) is 38.6 Å². The number of piperidine rings is 1. The first-order chi connectivity index (χ1) is 21.9. The molecule has 1 aliphatic carbocycles. The van der Waals surface area contributed by atoms with Gasteiger partial charge in [0.15, 0.2) is 0 Å². The van der Waals surface area contributed by atoms with Crippen LogP contribution in [0, 0.1) is 16.5 Å². The van der Waals surface area contributed by atoms with Crippen LogP contribution in [0.4, 0.5) is 25.0 Å². The summed E-state index contributed by atoms with van der Waals surface area (Å²) in [4.78, 5) is 71.0. The molecule has 18 heteroatoms. The van der Waals surface area contributed by atoms with Crippen LogP contribution in [-0.2, 0) is 9.26 Å². The van der Waals surface area contributed by atoms with Gasteiger partial charge in [-0.25, -0.2) is 4.79 Å². The van der Waals surface area contributed by atoms with Gasteiger partial charge in [0.2, 0.25) is 0 Å². The first-order valence-corrected chi connectivity index (χ1v) is 16.1. The van der Waals surface area contributed by atoms with E-state index >= 15 is 4.39 Å². The summed E-state index contributed by atoms with van der Waals surface area (Å²) in [5.41, 5.74) is 0.860. The number of rotatable bonds is 11. The number of carboxylic acid groups (broad SMARTS) is 1. The molecule has 1 amide bonds. The molecule has 0 radical (unpaired) electrons. The number of ether oxygens (including phenoxy) is 2. The van der Waals surface area contributed by atoms with Gasteiger partial charge in [-0.05, 0) is 0 Å². The average Bonchev–Trinajstić information content (AvgIpc) is 3.77. The number of hydrogen-bond donors (Lipinski definition) is 4. The number of aromatic nitrogens is 1. The van der Waals surface area contributed by atoms with Crippen molar-refractivity contribution in [3.8, 4) is 5.75 Å². The summed E-state index contributed by atoms with van der Waals surface area (Å²) < 4.78 is 47.8. The number of halogens is 2. The monoisotopic (exact) mass is 665 g/mol. The molecule has 3 aliphatic rings. The molecule has 15 nitrogen and oxygen atoms in total. The van der Waals surface area contributed by atoms with Crippen LogP contribution in [0.15, 0.2) is 46.3 Å². The van der Waals surface area contributed by atoms with Gasteiger partial charge in [-0.2, -0.15) is 0 Å². The maximum atomic E-state index is 15.2. The molecule has 246 valence electrons. The Hall–Kier alpha value is -4.28. The number of anilines is 2. The molecule has 2 saturated heterocycles. The molecule has 0 unspecified atom stereocenters. The Morgan fingerprint density at radius 1 is 1.11 bits per heavy atom. The standard InChI is InChI=1S/C28H30F2N5O10P/c29-20-12-18-23(35(16-1-2-16)14-19(25(18)36)26(37)38)13-22(20)31-33-7-5-28(6-8-33,45-46(41,42)32-40)15-44-24-4-3-17(11-21(24)30)34-9-10-43-27(34)39/h3-4,11-14,16,31,41-42,46H,1-2,5-10,15H2,(H,37,38). The Morgan fingerprint density at radius 2 is 1.85 bits per heavy atom. The summed E-state index contributed by atoms with van der Waals surface area (Å²) in [6.45, 7) is 0.240. The van der Waals surface area contributed by atoms with E-state index in [1.807, 2.05) is 0 Å². The Morgan fingerprint density at radius 3 is 2.46 bits per heavy atom. The molecule has 2 aromatic carbocycles. The summed E-state index contributed by atoms with van der Waals surface area (Å²) in [6.07, 6.45) is 2.25. The molecule has 1 saturated carbocycles. The van der Waals surface area contributed by atoms with Crippen LogP contribution in [0.3, 0.4) is 0 Å². The van der Waals surface area contributed by atoms with Gasteiger partial charge in [0, 0.05) is 0 Å². The van der Waals surface area contributed by atoms with Gasteiger partial charge in [-0.1, -0.05) is 0 Å². The molecule has 4 N–H and O–H groups in total. The molecule has 6 rings (SSSR count). The molecule has 3 fully saturated rings. The molecular weight excluding hydrogens is 635 g/mol. The van der Waals surface area contributed by atoms with E-state index < -0.39 is 55.0 Å². The number of aromatic carboxylic acids is 1. The predicted molar refractivity (Wildman–Crippen MR) is 161 cm³/mol. The number of cyclic esters (lactones) is 1. The maximum absolute atomic E-state index is 15.2. The molecule has 1 aromatic heterocycles. The predicted octanol–water partition coefficient (Wildman–Crippen LogP) is 3.69. The SMILES string of the molecule is O=N[PH](O)(O)OC1(COc2ccc(N3CCOC3=O)cc2F)CCN(Nc2cc3c(cc2F)c(=O)c(C(=O)O)cn3C2CC2)CC1. The number of pyridine rings is 1. The van der Waals surface area contributed by atoms with Gasteiger partial charge < -0.3 is 5.11 Å². The number of fused-ring (bicyclic) bond motifs is 1. The third-order valence-corrected chi connectivity index (χ3v) is 9.14. The van der Waals surface area contributed by atoms with Crippen LogP contribution in [-0.4, -0.2) is 75.0 Å². The number of amides is 1. The van der Waals surface area contributed by atoms with Gasteiger partial charge in [-0.15, -0.1) is 0 Å². The zero-order valence-electron chi connectivity index (χ0n) is 24.1. The average molecular weight is 666 g/mol. The fourth-order valence-electron chi connectivity index (χ4n) is 5.66. The summed E-state index contributed by atoms with van der Waals surface area (Å²) in [7, 11) is -5.02. The zero-order valence-corrected chi connectivity index (χ0v) is 25.1. The second kappa shape index (κ2) is 12.1. The zero-order chi connectivity index (χ0) is 32.8. The molecule has 0 atom stereocenters. The van der Waals surface area contributed by atoms with Crippen LogP contribution < -0.4 is 20.5 Å². The van der Waals surface area contributed by atoms with Gasteiger partial charge in [-0.3, -0.25) is 0 Å². The van der Waals surface area contributed by atoms with E-state index in [2.05, 4.69) is 10.4 Å². The van der Waals surface area contributed by atoms with Crippen LogP contribution >= 0.6 is 8.09 Å². The van der Waals surface area contributed by atoms with Crippen LogP contribution in [0.2, 0.25) is 0 Å². The second-order valence-corrected chi connectivity index (χ2v) is 12.9. The van der Waals surface area contributed by atoms with Gasteiger partial charge in [0.1, 0.15) is 0 Å². The van der Waals surface area contributed by atoms with Crippen molar-refractivity contribution in [1.29, 1.82) is 0 Å². The van der Waals surface area contributed by atoms with Crippen molar-refractivity contribution in [2.24, 2.45) is 4.95 Å². The fourth-order valence-corrected chi connectivity index (χ4v) is 6.54. The van der Waals surface area contributed by atoms with Gasteiger partial charge in [0.05, 0.1) is 0 Å². The number of nitrogens with one attached hydrogen (secondary N) is 1. The number of carboxylic acids is 1. The number of hydrogen-bond acceptors (Lipinski definition) is 12. The van der Waals surface area contributed by atoms with E-state index in [0.29, 0.717) is 5.52 Å². The molecule has 3 aromatic rings. The minimum absolute atomic E-state index is 0.00860. The molecule has 2 aliphatic heterocycles. The van der Waals surface area contributed by atoms with E-state index in [-0.39, 0.29) is 67.6 Å². The minimum atomic E-state index is -5.02. The van der Waals surface area contributed by atoms with Crippen molar-refractivity contribution in [3.05, 3.63) is 68.9 Å². The van der Waals surface area contributed by atoms with Gasteiger partial charge >= 0.3 is 249 Å². The summed E-state index contributed by atoms with van der Waals surface area (Å²) in [6, 6.07) is 6.26. The molecule has 0 bridgehead atoms. The Kier molecular flexibility index (Phi) is 8.37. The molecule has 0 spiro atoms. The van der Waals surface area contributed by atoms with Crippen LogP contribution in [0.5, 0.6) is 5.75 Å². The number of carbonyl (C=O) groups is 2. The van der Waals surface area contributed by atoms with Crippen molar-refractivity contribution in [2.75, 3.05) is 43.2 Å². The van der Waals surface area contributed by atoms with Crippen molar-refractivity contribution >= 4 is 42.4 Å². The van der Waals surface area contributed by atoms with Crippen LogP contribution in [0.1, 0.15) is 42.1 Å². The van der Waals surface area contributed by atoms with Crippen LogP contribution in [0.25, 0.3) is 10.9 Å². The molecule has 3 heterocycles. The number of hydrazine groups is 1. The second-order valence-electron chi connectivity index (χ2n) is 11.4. The Labute approximate surface area is 259 Å². The van der Waals surface area contributed by atoms with Crippen molar-refractivity contribution < 1.29 is 47.3 Å². The summed E-state index contributed by atoms with van der Waals surface area (Å²) in [5, 5.41) is 11.0. The first-order valence-electron chi connectivity index (χ1n) is 14.4. The molecular formula is C28H30F2N5O10P. The van der Waals surface area contributed by atoms with Crippen molar-refractivity contribution in [1.82, 2.24) is 9.58 Å². The Balaban J connectivity index is 1.19. The van der Waals surface area contributed by atoms with Crippen molar-refractivity contribution in [2.45, 2.75) is 37.3 Å². The first kappa shape index (κ1) is 31.7. The quantitative estimate of drug-likeness (QED) is 0.172. The number of benzene rings is 2. The summed E-state index contributed by atoms with van der Waals surface area (Å²) >= 11 is 0. The third-order valence-electron chi connectivity index (χ3n) is 8.20. The Bertz CT molecular complexity index is 1780.